The molecule has 3 aromatic rings. The fraction of sp³-hybridized carbons (Fsp3) is 0.143. The largest absolute Gasteiger partial charge is 0.497 e. The van der Waals surface area contributed by atoms with Crippen LogP contribution in [0, 0.1) is 5.41 Å². The van der Waals surface area contributed by atoms with Crippen LogP contribution < -0.4 is 15.4 Å². The summed E-state index contributed by atoms with van der Waals surface area (Å²) in [7, 11) is 1.65. The van der Waals surface area contributed by atoms with Crippen molar-refractivity contribution in [2.45, 2.75) is 13.0 Å². The van der Waals surface area contributed by atoms with E-state index in [0.717, 1.165) is 23.3 Å². The molecule has 132 valence electrons. The summed E-state index contributed by atoms with van der Waals surface area (Å²) in [5.74, 6) is 1.73. The maximum atomic E-state index is 8.14. The lowest BCUT2D eigenvalue weighted by Crippen LogP contribution is -2.29. The lowest BCUT2D eigenvalue weighted by molar-refractivity contribution is 0.414. The minimum absolute atomic E-state index is 0.217. The van der Waals surface area contributed by atoms with E-state index in [9.17, 15) is 0 Å². The number of ether oxygens (including phenoxy) is 1. The maximum absolute atomic E-state index is 8.14. The van der Waals surface area contributed by atoms with Crippen molar-refractivity contribution >= 4 is 11.8 Å². The number of pyridine rings is 1. The highest BCUT2D eigenvalue weighted by atomic mass is 16.5. The van der Waals surface area contributed by atoms with Crippen molar-refractivity contribution in [3.05, 3.63) is 89.6 Å². The Morgan fingerprint density at radius 1 is 0.962 bits per heavy atom. The molecule has 0 bridgehead atoms. The van der Waals surface area contributed by atoms with E-state index in [0.29, 0.717) is 12.4 Å². The highest BCUT2D eigenvalue weighted by molar-refractivity contribution is 5.90. The second-order valence-electron chi connectivity index (χ2n) is 5.88. The molecule has 26 heavy (non-hydrogen) atoms. The first-order valence-electron chi connectivity index (χ1n) is 8.45. The molecule has 0 aliphatic carbocycles. The van der Waals surface area contributed by atoms with Crippen LogP contribution in [-0.2, 0) is 13.0 Å². The Hall–Kier alpha value is -3.34. The molecule has 3 rings (SSSR count). The van der Waals surface area contributed by atoms with Gasteiger partial charge in [0.1, 0.15) is 11.6 Å². The molecule has 0 radical (unpaired) electrons. The average molecular weight is 346 g/mol. The molecule has 0 atom stereocenters. The van der Waals surface area contributed by atoms with E-state index in [4.69, 9.17) is 10.1 Å². The molecule has 0 spiro atoms. The topological polar surface area (TPSA) is 70.0 Å². The van der Waals surface area contributed by atoms with Crippen molar-refractivity contribution in [1.82, 2.24) is 10.3 Å². The molecule has 1 aromatic heterocycles. The van der Waals surface area contributed by atoms with Crippen molar-refractivity contribution < 1.29 is 4.74 Å². The Kier molecular flexibility index (Phi) is 5.83. The van der Waals surface area contributed by atoms with Gasteiger partial charge in [-0.2, -0.15) is 0 Å². The Morgan fingerprint density at radius 3 is 2.46 bits per heavy atom. The van der Waals surface area contributed by atoms with Gasteiger partial charge in [0.2, 0.25) is 0 Å². The summed E-state index contributed by atoms with van der Waals surface area (Å²) in [6.07, 6.45) is 2.50. The first-order chi connectivity index (χ1) is 12.7. The summed E-state index contributed by atoms with van der Waals surface area (Å²) >= 11 is 0. The van der Waals surface area contributed by atoms with E-state index < -0.39 is 0 Å². The molecule has 2 aromatic carbocycles. The van der Waals surface area contributed by atoms with Crippen LogP contribution in [0.2, 0.25) is 0 Å². The standard InChI is InChI=1S/C21H22N4O/c1-26-19-11-9-17(10-12-19)15-24-21(22)25-20-18(8-5-13-23-20)14-16-6-3-2-4-7-16/h2-13H,14-15H2,1H3,(H3,22,23,24,25). The SMILES string of the molecule is COc1ccc(CNC(=N)Nc2ncccc2Cc2ccccc2)cc1. The number of nitrogens with one attached hydrogen (secondary N) is 3. The van der Waals surface area contributed by atoms with Crippen molar-refractivity contribution in [3.8, 4) is 5.75 Å². The third kappa shape index (κ3) is 4.83. The van der Waals surface area contributed by atoms with Gasteiger partial charge in [0.25, 0.3) is 0 Å². The number of aromatic nitrogens is 1. The molecule has 0 aliphatic heterocycles. The predicted octanol–water partition coefficient (Wildman–Crippen LogP) is 3.82. The highest BCUT2D eigenvalue weighted by Crippen LogP contribution is 2.16. The van der Waals surface area contributed by atoms with Crippen LogP contribution in [0.25, 0.3) is 0 Å². The summed E-state index contributed by atoms with van der Waals surface area (Å²) < 4.78 is 5.15. The maximum Gasteiger partial charge on any atom is 0.194 e. The number of rotatable bonds is 6. The minimum Gasteiger partial charge on any atom is -0.497 e. The molecule has 0 aliphatic rings. The monoisotopic (exact) mass is 346 g/mol. The summed E-state index contributed by atoms with van der Waals surface area (Å²) in [6, 6.07) is 21.9. The lowest BCUT2D eigenvalue weighted by Gasteiger charge is -2.13. The summed E-state index contributed by atoms with van der Waals surface area (Å²) in [5, 5.41) is 14.3. The van der Waals surface area contributed by atoms with E-state index in [1.165, 1.54) is 5.56 Å². The summed E-state index contributed by atoms with van der Waals surface area (Å²) in [6.45, 7) is 0.552. The Balaban J connectivity index is 1.60. The molecule has 5 nitrogen and oxygen atoms in total. The zero-order valence-electron chi connectivity index (χ0n) is 14.7. The third-order valence-electron chi connectivity index (χ3n) is 4.00. The average Bonchev–Trinajstić information content (AvgIpc) is 2.69. The first-order valence-corrected chi connectivity index (χ1v) is 8.45. The molecule has 0 amide bonds. The molecule has 1 heterocycles. The van der Waals surface area contributed by atoms with E-state index >= 15 is 0 Å². The number of methoxy groups -OCH3 is 1. The van der Waals surface area contributed by atoms with E-state index in [1.54, 1.807) is 13.3 Å². The van der Waals surface area contributed by atoms with Gasteiger partial charge in [-0.25, -0.2) is 4.98 Å². The van der Waals surface area contributed by atoms with Crippen LogP contribution >= 0.6 is 0 Å². The van der Waals surface area contributed by atoms with Gasteiger partial charge in [0.05, 0.1) is 7.11 Å². The smallest absolute Gasteiger partial charge is 0.194 e. The van der Waals surface area contributed by atoms with Gasteiger partial charge in [-0.3, -0.25) is 5.41 Å². The summed E-state index contributed by atoms with van der Waals surface area (Å²) in [5.41, 5.74) is 3.33. The molecule has 3 N–H and O–H groups in total. The fourth-order valence-corrected chi connectivity index (χ4v) is 2.61. The van der Waals surface area contributed by atoms with E-state index in [-0.39, 0.29) is 5.96 Å². The molecule has 0 unspecified atom stereocenters. The zero-order chi connectivity index (χ0) is 18.2. The quantitative estimate of drug-likeness (QED) is 0.469. The van der Waals surface area contributed by atoms with Crippen LogP contribution in [0.15, 0.2) is 72.9 Å². The number of anilines is 1. The van der Waals surface area contributed by atoms with Crippen molar-refractivity contribution in [2.24, 2.45) is 0 Å². The van der Waals surface area contributed by atoms with Crippen LogP contribution in [-0.4, -0.2) is 18.1 Å². The number of hydrogen-bond acceptors (Lipinski definition) is 3. The first kappa shape index (κ1) is 17.5. The van der Waals surface area contributed by atoms with Crippen molar-refractivity contribution in [3.63, 3.8) is 0 Å². The Bertz CT molecular complexity index is 847. The van der Waals surface area contributed by atoms with Gasteiger partial charge in [0.15, 0.2) is 5.96 Å². The number of nitrogens with zero attached hydrogens (tertiary/aromatic N) is 1. The number of benzene rings is 2. The van der Waals surface area contributed by atoms with Gasteiger partial charge < -0.3 is 15.4 Å². The van der Waals surface area contributed by atoms with Gasteiger partial charge >= 0.3 is 0 Å². The van der Waals surface area contributed by atoms with Crippen LogP contribution in [0.3, 0.4) is 0 Å². The molecule has 0 fully saturated rings. The van der Waals surface area contributed by atoms with E-state index in [2.05, 4.69) is 27.8 Å². The van der Waals surface area contributed by atoms with Gasteiger partial charge in [-0.05, 0) is 34.9 Å². The molecular weight excluding hydrogens is 324 g/mol. The Morgan fingerprint density at radius 2 is 1.73 bits per heavy atom. The van der Waals surface area contributed by atoms with Gasteiger partial charge in [-0.15, -0.1) is 0 Å². The minimum atomic E-state index is 0.217. The summed E-state index contributed by atoms with van der Waals surface area (Å²) in [4.78, 5) is 4.38. The number of hydrogen-bond donors (Lipinski definition) is 3. The Labute approximate surface area is 153 Å². The number of guanidine groups is 1. The molecule has 0 saturated carbocycles. The van der Waals surface area contributed by atoms with Crippen LogP contribution in [0.1, 0.15) is 16.7 Å². The zero-order valence-corrected chi connectivity index (χ0v) is 14.7. The second-order valence-corrected chi connectivity index (χ2v) is 5.88. The predicted molar refractivity (Wildman–Crippen MR) is 105 cm³/mol. The van der Waals surface area contributed by atoms with Crippen LogP contribution in [0.5, 0.6) is 5.75 Å². The molecule has 0 saturated heterocycles. The molecule has 5 heteroatoms. The van der Waals surface area contributed by atoms with Gasteiger partial charge in [-0.1, -0.05) is 48.5 Å². The third-order valence-corrected chi connectivity index (χ3v) is 4.00. The van der Waals surface area contributed by atoms with Gasteiger partial charge in [0, 0.05) is 19.2 Å². The molecular formula is C21H22N4O. The van der Waals surface area contributed by atoms with Crippen LogP contribution in [0.4, 0.5) is 5.82 Å². The normalized spacial score (nSPS) is 10.2. The van der Waals surface area contributed by atoms with Crippen molar-refractivity contribution in [1.29, 1.82) is 5.41 Å². The fourth-order valence-electron chi connectivity index (χ4n) is 2.61. The van der Waals surface area contributed by atoms with E-state index in [1.807, 2.05) is 54.6 Å². The van der Waals surface area contributed by atoms with Crippen molar-refractivity contribution in [2.75, 3.05) is 12.4 Å². The highest BCUT2D eigenvalue weighted by Gasteiger charge is 2.06. The lowest BCUT2D eigenvalue weighted by atomic mass is 10.1. The second kappa shape index (κ2) is 8.67.